The summed E-state index contributed by atoms with van der Waals surface area (Å²) in [5.74, 6) is 0.619. The highest BCUT2D eigenvalue weighted by atomic mass is 32.2. The number of anilines is 2. The highest BCUT2D eigenvalue weighted by Crippen LogP contribution is 2.19. The van der Waals surface area contributed by atoms with Gasteiger partial charge in [-0.3, -0.25) is 4.79 Å². The number of rotatable bonds is 5. The Morgan fingerprint density at radius 1 is 1.50 bits per heavy atom. The van der Waals surface area contributed by atoms with Crippen molar-refractivity contribution in [1.29, 1.82) is 0 Å². The molecule has 0 spiro atoms. The first kappa shape index (κ1) is 14.4. The monoisotopic (exact) mass is 291 g/mol. The quantitative estimate of drug-likeness (QED) is 0.648. The maximum Gasteiger partial charge on any atom is 0.225 e. The first-order valence-electron chi connectivity index (χ1n) is 6.19. The third-order valence-electron chi connectivity index (χ3n) is 2.77. The number of nitrogens with one attached hydrogen (secondary N) is 1. The van der Waals surface area contributed by atoms with Crippen LogP contribution in [0.5, 0.6) is 0 Å². The molecule has 0 bridgehead atoms. The van der Waals surface area contributed by atoms with Crippen molar-refractivity contribution in [3.63, 3.8) is 0 Å². The lowest BCUT2D eigenvalue weighted by Crippen LogP contribution is -2.13. The summed E-state index contributed by atoms with van der Waals surface area (Å²) in [5.41, 5.74) is 8.11. The summed E-state index contributed by atoms with van der Waals surface area (Å²) in [7, 11) is 1.82. The number of carbonyl (C=O) groups excluding carboxylic acids is 1. The van der Waals surface area contributed by atoms with Gasteiger partial charge in [-0.1, -0.05) is 17.8 Å². The molecular weight excluding hydrogens is 274 g/mol. The molecule has 0 saturated carbocycles. The van der Waals surface area contributed by atoms with Crippen molar-refractivity contribution in [2.45, 2.75) is 18.5 Å². The predicted molar refractivity (Wildman–Crippen MR) is 80.6 cm³/mol. The lowest BCUT2D eigenvalue weighted by atomic mass is 10.2. The van der Waals surface area contributed by atoms with E-state index in [1.807, 2.05) is 26.1 Å². The Morgan fingerprint density at radius 2 is 2.30 bits per heavy atom. The SMILES string of the molecule is Cc1ccc(N)cc1NC(=O)CCSc1ncnn1C. The van der Waals surface area contributed by atoms with Gasteiger partial charge in [0.15, 0.2) is 5.16 Å². The molecule has 1 heterocycles. The number of nitrogen functional groups attached to an aromatic ring is 1. The molecule has 0 saturated heterocycles. The van der Waals surface area contributed by atoms with E-state index in [4.69, 9.17) is 5.73 Å². The van der Waals surface area contributed by atoms with Gasteiger partial charge in [-0.25, -0.2) is 9.67 Å². The van der Waals surface area contributed by atoms with Crippen molar-refractivity contribution in [2.75, 3.05) is 16.8 Å². The molecule has 1 amide bonds. The van der Waals surface area contributed by atoms with Crippen LogP contribution in [0.3, 0.4) is 0 Å². The minimum atomic E-state index is -0.0339. The van der Waals surface area contributed by atoms with Crippen LogP contribution in [0, 0.1) is 6.92 Å². The van der Waals surface area contributed by atoms with Crippen LogP contribution < -0.4 is 11.1 Å². The van der Waals surface area contributed by atoms with Gasteiger partial charge in [-0.15, -0.1) is 0 Å². The first-order chi connectivity index (χ1) is 9.56. The second kappa shape index (κ2) is 6.42. The van der Waals surface area contributed by atoms with E-state index in [0.29, 0.717) is 17.9 Å². The molecule has 7 heteroatoms. The van der Waals surface area contributed by atoms with Gasteiger partial charge in [0.2, 0.25) is 5.91 Å². The summed E-state index contributed by atoms with van der Waals surface area (Å²) in [4.78, 5) is 16.0. The number of nitrogens with zero attached hydrogens (tertiary/aromatic N) is 3. The van der Waals surface area contributed by atoms with Crippen LogP contribution in [0.4, 0.5) is 11.4 Å². The van der Waals surface area contributed by atoms with E-state index in [1.54, 1.807) is 10.7 Å². The van der Waals surface area contributed by atoms with Gasteiger partial charge in [-0.2, -0.15) is 5.10 Å². The number of benzene rings is 1. The van der Waals surface area contributed by atoms with Crippen LogP contribution >= 0.6 is 11.8 Å². The Balaban J connectivity index is 1.84. The van der Waals surface area contributed by atoms with E-state index >= 15 is 0 Å². The number of amides is 1. The molecule has 0 aliphatic heterocycles. The van der Waals surface area contributed by atoms with Crippen LogP contribution in [0.1, 0.15) is 12.0 Å². The molecule has 2 rings (SSSR count). The Labute approximate surface area is 121 Å². The van der Waals surface area contributed by atoms with Crippen LogP contribution in [-0.4, -0.2) is 26.4 Å². The predicted octanol–water partition coefficient (Wildman–Crippen LogP) is 1.83. The highest BCUT2D eigenvalue weighted by Gasteiger charge is 2.07. The molecule has 0 fully saturated rings. The molecule has 20 heavy (non-hydrogen) atoms. The van der Waals surface area contributed by atoms with Crippen LogP contribution in [-0.2, 0) is 11.8 Å². The second-order valence-corrected chi connectivity index (χ2v) is 5.45. The minimum Gasteiger partial charge on any atom is -0.399 e. The third-order valence-corrected chi connectivity index (χ3v) is 3.80. The smallest absolute Gasteiger partial charge is 0.225 e. The molecule has 1 aromatic heterocycles. The van der Waals surface area contributed by atoms with Crippen molar-refractivity contribution in [1.82, 2.24) is 14.8 Å². The molecule has 6 nitrogen and oxygen atoms in total. The molecule has 0 atom stereocenters. The maximum absolute atomic E-state index is 11.9. The van der Waals surface area contributed by atoms with Gasteiger partial charge in [0.1, 0.15) is 6.33 Å². The number of aromatic nitrogens is 3. The van der Waals surface area contributed by atoms with Crippen LogP contribution in [0.25, 0.3) is 0 Å². The van der Waals surface area contributed by atoms with Crippen molar-refractivity contribution in [3.8, 4) is 0 Å². The topological polar surface area (TPSA) is 85.8 Å². The van der Waals surface area contributed by atoms with E-state index in [2.05, 4.69) is 15.4 Å². The van der Waals surface area contributed by atoms with Crippen molar-refractivity contribution < 1.29 is 4.79 Å². The van der Waals surface area contributed by atoms with E-state index in [-0.39, 0.29) is 5.91 Å². The number of nitrogens with two attached hydrogens (primary N) is 1. The maximum atomic E-state index is 11.9. The zero-order valence-corrected chi connectivity index (χ0v) is 12.3. The molecule has 1 aromatic carbocycles. The Hall–Kier alpha value is -2.02. The zero-order chi connectivity index (χ0) is 14.5. The largest absolute Gasteiger partial charge is 0.399 e. The number of hydrogen-bond donors (Lipinski definition) is 2. The molecule has 3 N–H and O–H groups in total. The van der Waals surface area contributed by atoms with Gasteiger partial charge in [0, 0.05) is 30.6 Å². The highest BCUT2D eigenvalue weighted by molar-refractivity contribution is 7.99. The van der Waals surface area contributed by atoms with Crippen molar-refractivity contribution in [3.05, 3.63) is 30.1 Å². The minimum absolute atomic E-state index is 0.0339. The van der Waals surface area contributed by atoms with Gasteiger partial charge in [0.05, 0.1) is 0 Å². The molecule has 0 aliphatic rings. The summed E-state index contributed by atoms with van der Waals surface area (Å²) >= 11 is 1.50. The fourth-order valence-electron chi connectivity index (χ4n) is 1.64. The van der Waals surface area contributed by atoms with Crippen molar-refractivity contribution in [2.24, 2.45) is 7.05 Å². The van der Waals surface area contributed by atoms with E-state index < -0.39 is 0 Å². The molecule has 106 valence electrons. The fraction of sp³-hybridized carbons (Fsp3) is 0.308. The molecular formula is C13H17N5OS. The van der Waals surface area contributed by atoms with E-state index in [9.17, 15) is 4.79 Å². The molecule has 0 aliphatic carbocycles. The van der Waals surface area contributed by atoms with Gasteiger partial charge < -0.3 is 11.1 Å². The van der Waals surface area contributed by atoms with Crippen LogP contribution in [0.2, 0.25) is 0 Å². The number of carbonyl (C=O) groups is 1. The summed E-state index contributed by atoms with van der Waals surface area (Å²) in [6.45, 7) is 1.93. The Bertz CT molecular complexity index is 611. The Kier molecular flexibility index (Phi) is 4.62. The third kappa shape index (κ3) is 3.74. The summed E-state index contributed by atoms with van der Waals surface area (Å²) in [6.07, 6.45) is 1.91. The van der Waals surface area contributed by atoms with Gasteiger partial charge in [-0.05, 0) is 24.6 Å². The fourth-order valence-corrected chi connectivity index (χ4v) is 2.46. The number of aryl methyl sites for hydroxylation is 2. The molecule has 0 radical (unpaired) electrons. The normalized spacial score (nSPS) is 10.5. The lowest BCUT2D eigenvalue weighted by Gasteiger charge is -2.09. The number of hydrogen-bond acceptors (Lipinski definition) is 5. The van der Waals surface area contributed by atoms with E-state index in [0.717, 1.165) is 16.4 Å². The molecule has 0 unspecified atom stereocenters. The van der Waals surface area contributed by atoms with Crippen LogP contribution in [0.15, 0.2) is 29.7 Å². The van der Waals surface area contributed by atoms with Gasteiger partial charge in [0.25, 0.3) is 0 Å². The van der Waals surface area contributed by atoms with Crippen molar-refractivity contribution >= 4 is 29.0 Å². The average Bonchev–Trinajstić information content (AvgIpc) is 2.80. The lowest BCUT2D eigenvalue weighted by molar-refractivity contribution is -0.115. The van der Waals surface area contributed by atoms with Gasteiger partial charge >= 0.3 is 0 Å². The standard InChI is InChI=1S/C13H17N5OS/c1-9-3-4-10(14)7-11(9)17-12(19)5-6-20-13-15-8-16-18(13)2/h3-4,7-8H,5-6,14H2,1-2H3,(H,17,19). The second-order valence-electron chi connectivity index (χ2n) is 4.39. The Morgan fingerprint density at radius 3 is 3.00 bits per heavy atom. The summed E-state index contributed by atoms with van der Waals surface area (Å²) in [6, 6.07) is 5.47. The zero-order valence-electron chi connectivity index (χ0n) is 11.5. The first-order valence-corrected chi connectivity index (χ1v) is 7.17. The summed E-state index contributed by atoms with van der Waals surface area (Å²) in [5, 5.41) is 7.65. The molecule has 2 aromatic rings. The number of thioether (sulfide) groups is 1. The average molecular weight is 291 g/mol. The van der Waals surface area contributed by atoms with E-state index in [1.165, 1.54) is 18.1 Å². The summed E-state index contributed by atoms with van der Waals surface area (Å²) < 4.78 is 1.69.